The van der Waals surface area contributed by atoms with Crippen LogP contribution in [-0.4, -0.2) is 10.1 Å². The maximum Gasteiger partial charge on any atom is 0.189 e. The van der Waals surface area contributed by atoms with Gasteiger partial charge in [0.2, 0.25) is 0 Å². The van der Waals surface area contributed by atoms with Gasteiger partial charge in [0, 0.05) is 16.6 Å². The number of hydrogen-bond donors (Lipinski definition) is 2. The molecule has 0 saturated carbocycles. The van der Waals surface area contributed by atoms with Crippen LogP contribution in [0.3, 0.4) is 0 Å². The molecule has 0 bridgehead atoms. The molecule has 0 radical (unpaired) electrons. The molecule has 2 N–H and O–H groups in total. The summed E-state index contributed by atoms with van der Waals surface area (Å²) in [6.45, 7) is 0. The molecule has 25 heavy (non-hydrogen) atoms. The molecule has 0 atom stereocenters. The minimum Gasteiger partial charge on any atom is -0.332 e. The van der Waals surface area contributed by atoms with Crippen LogP contribution in [0.25, 0.3) is 22.0 Å². The van der Waals surface area contributed by atoms with Crippen LogP contribution in [0.15, 0.2) is 78.2 Å². The van der Waals surface area contributed by atoms with Gasteiger partial charge < -0.3 is 10.6 Å². The minimum absolute atomic E-state index is 0.533. The molecule has 1 heterocycles. The van der Waals surface area contributed by atoms with E-state index in [1.807, 2.05) is 47.8 Å². The highest BCUT2D eigenvalue weighted by Gasteiger charge is 2.07. The molecule has 4 rings (SSSR count). The Hall–Kier alpha value is -2.76. The van der Waals surface area contributed by atoms with E-state index >= 15 is 0 Å². The summed E-state index contributed by atoms with van der Waals surface area (Å²) in [5.41, 5.74) is 3.00. The number of hydrogen-bond acceptors (Lipinski definition) is 3. The molecular formula is C20H15N3S2. The summed E-state index contributed by atoms with van der Waals surface area (Å²) in [6, 6.07) is 24.5. The zero-order chi connectivity index (χ0) is 17.1. The number of aromatic nitrogens is 1. The molecule has 0 saturated heterocycles. The molecule has 4 aromatic rings. The molecule has 1 aromatic heterocycles. The van der Waals surface area contributed by atoms with Crippen LogP contribution in [0.5, 0.6) is 0 Å². The second-order valence-electron chi connectivity index (χ2n) is 5.54. The van der Waals surface area contributed by atoms with Crippen LogP contribution in [0, 0.1) is 0 Å². The summed E-state index contributed by atoms with van der Waals surface area (Å²) in [5.74, 6) is 0. The van der Waals surface area contributed by atoms with Gasteiger partial charge in [-0.2, -0.15) is 0 Å². The van der Waals surface area contributed by atoms with E-state index in [4.69, 9.17) is 12.2 Å². The molecule has 0 amide bonds. The van der Waals surface area contributed by atoms with E-state index in [9.17, 15) is 0 Å². The molecule has 0 aliphatic rings. The quantitative estimate of drug-likeness (QED) is 0.454. The lowest BCUT2D eigenvalue weighted by Crippen LogP contribution is -2.18. The Morgan fingerprint density at radius 1 is 0.840 bits per heavy atom. The van der Waals surface area contributed by atoms with E-state index in [0.29, 0.717) is 5.11 Å². The van der Waals surface area contributed by atoms with E-state index in [-0.39, 0.29) is 0 Å². The fourth-order valence-corrected chi connectivity index (χ4v) is 3.60. The third-order valence-corrected chi connectivity index (χ3v) is 4.76. The highest BCUT2D eigenvalue weighted by molar-refractivity contribution is 7.80. The zero-order valence-corrected chi connectivity index (χ0v) is 14.9. The number of para-hydroxylation sites is 1. The summed E-state index contributed by atoms with van der Waals surface area (Å²) >= 11 is 6.89. The van der Waals surface area contributed by atoms with Crippen molar-refractivity contribution in [3.8, 4) is 11.3 Å². The van der Waals surface area contributed by atoms with Gasteiger partial charge in [-0.1, -0.05) is 54.6 Å². The number of thiazole rings is 1. The molecule has 0 aliphatic carbocycles. The van der Waals surface area contributed by atoms with Crippen LogP contribution in [-0.2, 0) is 0 Å². The molecule has 0 unspecified atom stereocenters. The van der Waals surface area contributed by atoms with Crippen LogP contribution in [0.1, 0.15) is 0 Å². The third-order valence-electron chi connectivity index (χ3n) is 3.80. The van der Waals surface area contributed by atoms with Gasteiger partial charge in [-0.3, -0.25) is 0 Å². The standard InChI is InChI=1S/C20H15N3S2/c24-19(21-17-8-2-1-3-9-17)23-20-22-18(13-25-20)16-11-10-14-6-4-5-7-15(14)12-16/h1-13H,(H2,21,22,23,24). The van der Waals surface area contributed by atoms with Gasteiger partial charge in [-0.25, -0.2) is 4.98 Å². The van der Waals surface area contributed by atoms with Crippen LogP contribution in [0.4, 0.5) is 10.8 Å². The monoisotopic (exact) mass is 361 g/mol. The highest BCUT2D eigenvalue weighted by Crippen LogP contribution is 2.27. The average molecular weight is 361 g/mol. The molecule has 5 heteroatoms. The highest BCUT2D eigenvalue weighted by atomic mass is 32.1. The van der Waals surface area contributed by atoms with Crippen molar-refractivity contribution in [3.05, 3.63) is 78.2 Å². The number of fused-ring (bicyclic) bond motifs is 1. The van der Waals surface area contributed by atoms with E-state index in [1.165, 1.54) is 22.1 Å². The Morgan fingerprint density at radius 2 is 1.60 bits per heavy atom. The number of nitrogens with zero attached hydrogens (tertiary/aromatic N) is 1. The number of anilines is 2. The van der Waals surface area contributed by atoms with Gasteiger partial charge >= 0.3 is 0 Å². The summed E-state index contributed by atoms with van der Waals surface area (Å²) in [5, 5.41) is 12.1. The number of rotatable bonds is 3. The smallest absolute Gasteiger partial charge is 0.189 e. The van der Waals surface area contributed by atoms with Gasteiger partial charge in [-0.05, 0) is 41.2 Å². The molecule has 3 nitrogen and oxygen atoms in total. The summed E-state index contributed by atoms with van der Waals surface area (Å²) in [4.78, 5) is 4.65. The Bertz CT molecular complexity index is 1030. The van der Waals surface area contributed by atoms with E-state index in [1.54, 1.807) is 0 Å². The molecule has 0 spiro atoms. The van der Waals surface area contributed by atoms with Crippen molar-refractivity contribution in [2.24, 2.45) is 0 Å². The Balaban J connectivity index is 1.50. The Labute approximate surface area is 155 Å². The lowest BCUT2D eigenvalue weighted by Gasteiger charge is -2.07. The fraction of sp³-hybridized carbons (Fsp3) is 0. The fourth-order valence-electron chi connectivity index (χ4n) is 2.59. The lowest BCUT2D eigenvalue weighted by atomic mass is 10.1. The minimum atomic E-state index is 0.533. The average Bonchev–Trinajstić information content (AvgIpc) is 3.10. The Morgan fingerprint density at radius 3 is 2.44 bits per heavy atom. The first-order valence-corrected chi connectivity index (χ1v) is 9.14. The molecule has 0 aliphatic heterocycles. The SMILES string of the molecule is S=C(Nc1ccccc1)Nc1nc(-c2ccc3ccccc3c2)cs1. The third kappa shape index (κ3) is 3.68. The molecular weight excluding hydrogens is 346 g/mol. The van der Waals surface area contributed by atoms with E-state index < -0.39 is 0 Å². The predicted molar refractivity (Wildman–Crippen MR) is 111 cm³/mol. The maximum absolute atomic E-state index is 5.35. The predicted octanol–water partition coefficient (Wildman–Crippen LogP) is 5.77. The van der Waals surface area contributed by atoms with E-state index in [2.05, 4.69) is 45.9 Å². The summed E-state index contributed by atoms with van der Waals surface area (Å²) in [7, 11) is 0. The van der Waals surface area contributed by atoms with Crippen LogP contribution >= 0.6 is 23.6 Å². The number of thiocarbonyl (C=S) groups is 1. The van der Waals surface area contributed by atoms with Crippen molar-refractivity contribution in [3.63, 3.8) is 0 Å². The van der Waals surface area contributed by atoms with Gasteiger partial charge in [0.25, 0.3) is 0 Å². The van der Waals surface area contributed by atoms with Crippen molar-refractivity contribution in [1.82, 2.24) is 4.98 Å². The Kier molecular flexibility index (Phi) is 4.41. The molecule has 0 fully saturated rings. The van der Waals surface area contributed by atoms with Gasteiger partial charge in [0.1, 0.15) is 0 Å². The largest absolute Gasteiger partial charge is 0.332 e. The second-order valence-corrected chi connectivity index (χ2v) is 6.81. The summed E-state index contributed by atoms with van der Waals surface area (Å²) < 4.78 is 0. The van der Waals surface area contributed by atoms with Gasteiger partial charge in [0.05, 0.1) is 5.69 Å². The first kappa shape index (κ1) is 15.7. The van der Waals surface area contributed by atoms with Crippen LogP contribution in [0.2, 0.25) is 0 Å². The van der Waals surface area contributed by atoms with Gasteiger partial charge in [0.15, 0.2) is 10.2 Å². The van der Waals surface area contributed by atoms with Gasteiger partial charge in [-0.15, -0.1) is 11.3 Å². The van der Waals surface area contributed by atoms with Crippen molar-refractivity contribution < 1.29 is 0 Å². The van der Waals surface area contributed by atoms with E-state index in [0.717, 1.165) is 22.1 Å². The van der Waals surface area contributed by atoms with Crippen LogP contribution < -0.4 is 10.6 Å². The molecule has 3 aromatic carbocycles. The zero-order valence-electron chi connectivity index (χ0n) is 13.3. The van der Waals surface area contributed by atoms with Crippen molar-refractivity contribution >= 4 is 50.3 Å². The number of benzene rings is 3. The number of nitrogens with one attached hydrogen (secondary N) is 2. The second kappa shape index (κ2) is 7.01. The van der Waals surface area contributed by atoms with Crippen molar-refractivity contribution in [2.45, 2.75) is 0 Å². The first-order chi connectivity index (χ1) is 12.3. The lowest BCUT2D eigenvalue weighted by molar-refractivity contribution is 1.40. The molecule has 122 valence electrons. The topological polar surface area (TPSA) is 37.0 Å². The summed E-state index contributed by atoms with van der Waals surface area (Å²) in [6.07, 6.45) is 0. The van der Waals surface area contributed by atoms with Crippen molar-refractivity contribution in [2.75, 3.05) is 10.6 Å². The van der Waals surface area contributed by atoms with Crippen molar-refractivity contribution in [1.29, 1.82) is 0 Å². The normalized spacial score (nSPS) is 10.6. The maximum atomic E-state index is 5.35. The first-order valence-electron chi connectivity index (χ1n) is 7.86.